The molecule has 1 heterocycles. The number of anilines is 1. The van der Waals surface area contributed by atoms with Gasteiger partial charge in [0.05, 0.1) is 4.90 Å². The summed E-state index contributed by atoms with van der Waals surface area (Å²) >= 11 is 3.40. The van der Waals surface area contributed by atoms with Gasteiger partial charge >= 0.3 is 0 Å². The largest absolute Gasteiger partial charge is 0.324 e. The van der Waals surface area contributed by atoms with Crippen molar-refractivity contribution in [3.8, 4) is 0 Å². The lowest BCUT2D eigenvalue weighted by molar-refractivity contribution is -0.128. The topological polar surface area (TPSA) is 83.6 Å². The smallest absolute Gasteiger partial charge is 0.267 e. The van der Waals surface area contributed by atoms with E-state index in [1.54, 1.807) is 31.2 Å². The van der Waals surface area contributed by atoms with Gasteiger partial charge in [-0.1, -0.05) is 22.0 Å². The summed E-state index contributed by atoms with van der Waals surface area (Å²) in [5.74, 6) is -1.08. The maximum Gasteiger partial charge on any atom is 0.267 e. The first-order valence-corrected chi connectivity index (χ1v) is 11.1. The first kappa shape index (κ1) is 20.5. The maximum atomic E-state index is 13.1. The minimum atomic E-state index is -4.11. The zero-order valence-corrected chi connectivity index (χ0v) is 18.2. The second-order valence-corrected chi connectivity index (χ2v) is 9.62. The Bertz CT molecular complexity index is 1070. The molecule has 6 nitrogen and oxygen atoms in total. The van der Waals surface area contributed by atoms with Gasteiger partial charge in [0.25, 0.3) is 10.0 Å². The van der Waals surface area contributed by atoms with Crippen LogP contribution < -0.4 is 5.32 Å². The van der Waals surface area contributed by atoms with Crippen LogP contribution in [0.3, 0.4) is 0 Å². The molecule has 28 heavy (non-hydrogen) atoms. The van der Waals surface area contributed by atoms with Gasteiger partial charge in [-0.05, 0) is 74.2 Å². The van der Waals surface area contributed by atoms with E-state index < -0.39 is 27.9 Å². The van der Waals surface area contributed by atoms with Gasteiger partial charge in [-0.2, -0.15) is 0 Å². The summed E-state index contributed by atoms with van der Waals surface area (Å²) < 4.78 is 27.8. The molecule has 2 amide bonds. The maximum absolute atomic E-state index is 13.1. The number of amides is 2. The predicted molar refractivity (Wildman–Crippen MR) is 110 cm³/mol. The van der Waals surface area contributed by atoms with E-state index >= 15 is 0 Å². The highest BCUT2D eigenvalue weighted by Gasteiger charge is 2.44. The lowest BCUT2D eigenvalue weighted by Crippen LogP contribution is -2.45. The Morgan fingerprint density at radius 2 is 1.79 bits per heavy atom. The van der Waals surface area contributed by atoms with E-state index in [0.29, 0.717) is 5.69 Å². The van der Waals surface area contributed by atoms with Crippen molar-refractivity contribution in [3.63, 3.8) is 0 Å². The highest BCUT2D eigenvalue weighted by Crippen LogP contribution is 2.29. The van der Waals surface area contributed by atoms with E-state index in [4.69, 9.17) is 0 Å². The van der Waals surface area contributed by atoms with Gasteiger partial charge in [0.1, 0.15) is 6.04 Å². The molecule has 2 aromatic rings. The zero-order chi connectivity index (χ0) is 20.6. The van der Waals surface area contributed by atoms with Crippen LogP contribution in [0.15, 0.2) is 45.8 Å². The first-order valence-electron chi connectivity index (χ1n) is 8.83. The van der Waals surface area contributed by atoms with Crippen molar-refractivity contribution in [2.24, 2.45) is 0 Å². The van der Waals surface area contributed by atoms with Crippen LogP contribution in [-0.4, -0.2) is 30.6 Å². The van der Waals surface area contributed by atoms with E-state index in [1.165, 1.54) is 12.1 Å². The molecule has 1 atom stereocenters. The number of aryl methyl sites for hydroxylation is 3. The van der Waals surface area contributed by atoms with Gasteiger partial charge in [0, 0.05) is 16.6 Å². The van der Waals surface area contributed by atoms with E-state index in [2.05, 4.69) is 21.2 Å². The summed E-state index contributed by atoms with van der Waals surface area (Å²) in [7, 11) is -4.11. The summed E-state index contributed by atoms with van der Waals surface area (Å²) in [6, 6.07) is 8.92. The fraction of sp³-hybridized carbons (Fsp3) is 0.300. The summed E-state index contributed by atoms with van der Waals surface area (Å²) in [5.41, 5.74) is 3.24. The second-order valence-electron chi connectivity index (χ2n) is 6.95. The van der Waals surface area contributed by atoms with E-state index in [0.717, 1.165) is 25.5 Å². The molecule has 1 saturated heterocycles. The monoisotopic (exact) mass is 464 g/mol. The zero-order valence-electron chi connectivity index (χ0n) is 15.8. The van der Waals surface area contributed by atoms with Crippen LogP contribution >= 0.6 is 15.9 Å². The van der Waals surface area contributed by atoms with Crippen molar-refractivity contribution >= 4 is 43.5 Å². The van der Waals surface area contributed by atoms with Crippen LogP contribution in [-0.2, 0) is 19.6 Å². The third-order valence-corrected chi connectivity index (χ3v) is 7.64. The van der Waals surface area contributed by atoms with E-state index in [-0.39, 0.29) is 17.7 Å². The number of hydrogen-bond acceptors (Lipinski definition) is 4. The molecule has 1 unspecified atom stereocenters. The quantitative estimate of drug-likeness (QED) is 0.747. The Hall–Kier alpha value is -2.19. The van der Waals surface area contributed by atoms with E-state index in [1.807, 2.05) is 13.8 Å². The van der Waals surface area contributed by atoms with Crippen LogP contribution in [0.2, 0.25) is 0 Å². The Morgan fingerprint density at radius 1 is 1.07 bits per heavy atom. The highest BCUT2D eigenvalue weighted by atomic mass is 79.9. The molecule has 0 aromatic heterocycles. The Kier molecular flexibility index (Phi) is 5.63. The van der Waals surface area contributed by atoms with Crippen molar-refractivity contribution in [1.82, 2.24) is 4.31 Å². The second kappa shape index (κ2) is 7.67. The molecule has 1 aliphatic rings. The number of carbonyl (C=O) groups excluding carboxylic acids is 2. The van der Waals surface area contributed by atoms with Gasteiger partial charge in [-0.3, -0.25) is 9.59 Å². The number of rotatable bonds is 4. The fourth-order valence-corrected chi connectivity index (χ4v) is 5.07. The summed E-state index contributed by atoms with van der Waals surface area (Å²) in [4.78, 5) is 25.2. The minimum absolute atomic E-state index is 0.0154. The van der Waals surface area contributed by atoms with Gasteiger partial charge in [0.15, 0.2) is 0 Å². The molecule has 0 saturated carbocycles. The van der Waals surface area contributed by atoms with Gasteiger partial charge in [0.2, 0.25) is 11.8 Å². The molecule has 2 aromatic carbocycles. The number of carbonyl (C=O) groups is 2. The lowest BCUT2D eigenvalue weighted by atomic mass is 10.1. The number of halogens is 1. The van der Waals surface area contributed by atoms with Gasteiger partial charge in [-0.25, -0.2) is 12.7 Å². The van der Waals surface area contributed by atoms with Crippen molar-refractivity contribution in [2.75, 3.05) is 5.32 Å². The van der Waals surface area contributed by atoms with Crippen LogP contribution in [0.25, 0.3) is 0 Å². The summed E-state index contributed by atoms with van der Waals surface area (Å²) in [6.07, 6.45) is 0.172. The number of nitrogens with zero attached hydrogens (tertiary/aromatic N) is 1. The van der Waals surface area contributed by atoms with Crippen molar-refractivity contribution in [3.05, 3.63) is 57.6 Å². The highest BCUT2D eigenvalue weighted by molar-refractivity contribution is 9.10. The summed E-state index contributed by atoms with van der Waals surface area (Å²) in [5, 5.41) is 2.73. The Labute approximate surface area is 173 Å². The molecule has 0 aliphatic carbocycles. The van der Waals surface area contributed by atoms with Gasteiger partial charge in [-0.15, -0.1) is 0 Å². The molecular formula is C20H21BrN2O4S. The Balaban J connectivity index is 1.90. The summed E-state index contributed by atoms with van der Waals surface area (Å²) in [6.45, 7) is 5.57. The third kappa shape index (κ3) is 3.84. The minimum Gasteiger partial charge on any atom is -0.324 e. The number of benzene rings is 2. The molecule has 3 rings (SSSR count). The molecule has 0 spiro atoms. The van der Waals surface area contributed by atoms with Gasteiger partial charge < -0.3 is 5.32 Å². The molecule has 1 aliphatic heterocycles. The predicted octanol–water partition coefficient (Wildman–Crippen LogP) is 3.69. The number of hydrogen-bond donors (Lipinski definition) is 1. The van der Waals surface area contributed by atoms with Crippen molar-refractivity contribution in [2.45, 2.75) is 44.6 Å². The molecule has 148 valence electrons. The molecule has 0 radical (unpaired) electrons. The number of sulfonamides is 1. The molecular weight excluding hydrogens is 444 g/mol. The molecule has 1 N–H and O–H groups in total. The first-order chi connectivity index (χ1) is 13.1. The SMILES string of the molecule is Cc1ccc(S(=O)(=O)N2C(=O)CCC2C(=O)Nc2ccc(Br)c(C)c2)cc1C. The van der Waals surface area contributed by atoms with Crippen LogP contribution in [0.4, 0.5) is 5.69 Å². The Morgan fingerprint density at radius 3 is 2.43 bits per heavy atom. The van der Waals surface area contributed by atoms with Crippen LogP contribution in [0, 0.1) is 20.8 Å². The molecule has 1 fully saturated rings. The molecule has 0 bridgehead atoms. The lowest BCUT2D eigenvalue weighted by Gasteiger charge is -2.24. The van der Waals surface area contributed by atoms with Crippen LogP contribution in [0.5, 0.6) is 0 Å². The number of nitrogens with one attached hydrogen (secondary N) is 1. The van der Waals surface area contributed by atoms with Crippen molar-refractivity contribution in [1.29, 1.82) is 0 Å². The van der Waals surface area contributed by atoms with E-state index in [9.17, 15) is 18.0 Å². The molecule has 8 heteroatoms. The average Bonchev–Trinajstić information content (AvgIpc) is 3.03. The standard InChI is InChI=1S/C20H21BrN2O4S/c1-12-4-6-16(11-13(12)2)28(26,27)23-18(8-9-19(23)24)20(25)22-15-5-7-17(21)14(3)10-15/h4-7,10-11,18H,8-9H2,1-3H3,(H,22,25). The normalized spacial score (nSPS) is 17.1. The third-order valence-electron chi connectivity index (χ3n) is 4.92. The van der Waals surface area contributed by atoms with Crippen molar-refractivity contribution < 1.29 is 18.0 Å². The fourth-order valence-electron chi connectivity index (χ4n) is 3.14. The average molecular weight is 465 g/mol. The van der Waals surface area contributed by atoms with Crippen LogP contribution in [0.1, 0.15) is 29.5 Å².